The number of hydrogen-bond donors (Lipinski definition) is 1. The molecule has 104 valence electrons. The van der Waals surface area contributed by atoms with Gasteiger partial charge >= 0.3 is 0 Å². The number of nitro groups is 2. The van der Waals surface area contributed by atoms with E-state index in [2.05, 4.69) is 0 Å². The van der Waals surface area contributed by atoms with Gasteiger partial charge in [-0.25, -0.2) is 0 Å². The largest absolute Gasteiger partial charge is 0.383 e. The van der Waals surface area contributed by atoms with Crippen LogP contribution in [-0.4, -0.2) is 20.7 Å². The number of nitro benzene ring substituents is 2. The van der Waals surface area contributed by atoms with Crippen LogP contribution >= 0.6 is 0 Å². The number of benzene rings is 1. The van der Waals surface area contributed by atoms with E-state index in [0.29, 0.717) is 6.42 Å². The quantitative estimate of drug-likeness (QED) is 0.661. The Kier molecular flexibility index (Phi) is 3.57. The molecule has 0 fully saturated rings. The molecule has 1 unspecified atom stereocenters. The lowest BCUT2D eigenvalue weighted by Crippen LogP contribution is -2.10. The van der Waals surface area contributed by atoms with E-state index in [-0.39, 0.29) is 23.3 Å². The van der Waals surface area contributed by atoms with Crippen LogP contribution in [0.5, 0.6) is 0 Å². The van der Waals surface area contributed by atoms with Crippen molar-refractivity contribution in [3.8, 4) is 0 Å². The zero-order valence-corrected chi connectivity index (χ0v) is 10.2. The number of nitrogens with zero attached hydrogens (tertiary/aromatic N) is 2. The first-order valence-corrected chi connectivity index (χ1v) is 5.76. The van der Waals surface area contributed by atoms with Crippen LogP contribution in [-0.2, 0) is 4.79 Å². The smallest absolute Gasteiger partial charge is 0.282 e. The first kappa shape index (κ1) is 13.8. The number of carbonyl (C=O) groups excluding carboxylic acids is 1. The molecule has 1 aliphatic rings. The molecular weight excluding hydrogens is 268 g/mol. The van der Waals surface area contributed by atoms with E-state index in [1.165, 1.54) is 6.08 Å². The van der Waals surface area contributed by atoms with Crippen LogP contribution in [0.4, 0.5) is 11.4 Å². The molecule has 0 saturated carbocycles. The van der Waals surface area contributed by atoms with Gasteiger partial charge in [0.15, 0.2) is 5.78 Å². The fourth-order valence-electron chi connectivity index (χ4n) is 2.08. The molecule has 0 amide bonds. The van der Waals surface area contributed by atoms with Crippen molar-refractivity contribution >= 4 is 17.2 Å². The van der Waals surface area contributed by atoms with Crippen LogP contribution in [0.25, 0.3) is 0 Å². The van der Waals surface area contributed by atoms with Gasteiger partial charge in [0, 0.05) is 18.1 Å². The first-order chi connectivity index (χ1) is 9.41. The first-order valence-electron chi connectivity index (χ1n) is 5.76. The summed E-state index contributed by atoms with van der Waals surface area (Å²) < 4.78 is 0. The van der Waals surface area contributed by atoms with Gasteiger partial charge in [0.25, 0.3) is 11.4 Å². The normalized spacial score (nSPS) is 15.8. The standard InChI is InChI=1S/C12H10N2O6/c15-11-3-1-2-9(11)12(16)8-5-4-7(13(17)18)6-10(8)14(19)20/h2,4-6,12,16H,1,3H2. The second kappa shape index (κ2) is 5.17. The highest BCUT2D eigenvalue weighted by molar-refractivity contribution is 5.98. The molecule has 0 spiro atoms. The van der Waals surface area contributed by atoms with Gasteiger partial charge in [-0.05, 0) is 12.5 Å². The summed E-state index contributed by atoms with van der Waals surface area (Å²) in [6.07, 6.45) is 0.823. The van der Waals surface area contributed by atoms with Crippen LogP contribution < -0.4 is 0 Å². The molecule has 0 bridgehead atoms. The average Bonchev–Trinajstić information content (AvgIpc) is 2.83. The van der Waals surface area contributed by atoms with E-state index in [9.17, 15) is 30.1 Å². The van der Waals surface area contributed by atoms with Gasteiger partial charge in [-0.1, -0.05) is 6.08 Å². The lowest BCUT2D eigenvalue weighted by Gasteiger charge is -2.11. The highest BCUT2D eigenvalue weighted by Gasteiger charge is 2.30. The number of allylic oxidation sites excluding steroid dienone is 1. The second-order valence-corrected chi connectivity index (χ2v) is 4.28. The SMILES string of the molecule is O=C1CCC=C1C(O)c1ccc([N+](=O)[O-])cc1[N+](=O)[O-]. The van der Waals surface area contributed by atoms with Crippen LogP contribution in [0.3, 0.4) is 0 Å². The van der Waals surface area contributed by atoms with Crippen molar-refractivity contribution < 1.29 is 19.7 Å². The Labute approximate surface area is 112 Å². The van der Waals surface area contributed by atoms with Crippen molar-refractivity contribution in [3.05, 3.63) is 55.6 Å². The van der Waals surface area contributed by atoms with Gasteiger partial charge in [0.2, 0.25) is 0 Å². The van der Waals surface area contributed by atoms with E-state index in [4.69, 9.17) is 0 Å². The summed E-state index contributed by atoms with van der Waals surface area (Å²) >= 11 is 0. The molecule has 20 heavy (non-hydrogen) atoms. The fraction of sp³-hybridized carbons (Fsp3) is 0.250. The highest BCUT2D eigenvalue weighted by Crippen LogP contribution is 2.35. The van der Waals surface area contributed by atoms with Crippen molar-refractivity contribution in [1.29, 1.82) is 0 Å². The third-order valence-electron chi connectivity index (χ3n) is 3.07. The van der Waals surface area contributed by atoms with Gasteiger partial charge in [0.05, 0.1) is 21.5 Å². The van der Waals surface area contributed by atoms with Gasteiger partial charge in [-0.3, -0.25) is 25.0 Å². The number of hydrogen-bond acceptors (Lipinski definition) is 6. The van der Waals surface area contributed by atoms with Gasteiger partial charge in [-0.15, -0.1) is 0 Å². The fourth-order valence-corrected chi connectivity index (χ4v) is 2.08. The third kappa shape index (κ3) is 2.41. The summed E-state index contributed by atoms with van der Waals surface area (Å²) in [4.78, 5) is 31.5. The molecule has 1 aromatic rings. The Bertz CT molecular complexity index is 637. The Morgan fingerprint density at radius 2 is 1.90 bits per heavy atom. The molecule has 0 heterocycles. The summed E-state index contributed by atoms with van der Waals surface area (Å²) in [6.45, 7) is 0. The maximum Gasteiger partial charge on any atom is 0.282 e. The minimum absolute atomic E-state index is 0.0990. The Hall–Kier alpha value is -2.61. The predicted octanol–water partition coefficient (Wildman–Crippen LogP) is 1.83. The Balaban J connectivity index is 2.48. The third-order valence-corrected chi connectivity index (χ3v) is 3.07. The van der Waals surface area contributed by atoms with E-state index in [1.807, 2.05) is 0 Å². The van der Waals surface area contributed by atoms with Crippen LogP contribution in [0.15, 0.2) is 29.8 Å². The molecule has 1 aliphatic carbocycles. The number of carbonyl (C=O) groups is 1. The number of Topliss-reactive ketones (excluding diaryl/α,β-unsaturated/α-hetero) is 1. The lowest BCUT2D eigenvalue weighted by atomic mass is 9.98. The van der Waals surface area contributed by atoms with E-state index in [1.54, 1.807) is 0 Å². The lowest BCUT2D eigenvalue weighted by molar-refractivity contribution is -0.394. The number of non-ortho nitro benzene ring substituents is 1. The average molecular weight is 278 g/mol. The Morgan fingerprint density at radius 3 is 2.40 bits per heavy atom. The summed E-state index contributed by atoms with van der Waals surface area (Å²) in [7, 11) is 0. The molecule has 0 radical (unpaired) electrons. The monoisotopic (exact) mass is 278 g/mol. The molecule has 1 atom stereocenters. The predicted molar refractivity (Wildman–Crippen MR) is 67.0 cm³/mol. The summed E-state index contributed by atoms with van der Waals surface area (Å²) in [5.74, 6) is -0.273. The molecule has 0 aromatic heterocycles. The van der Waals surface area contributed by atoms with Crippen molar-refractivity contribution in [2.24, 2.45) is 0 Å². The van der Waals surface area contributed by atoms with E-state index in [0.717, 1.165) is 18.2 Å². The van der Waals surface area contributed by atoms with Crippen molar-refractivity contribution in [1.82, 2.24) is 0 Å². The maximum absolute atomic E-state index is 11.5. The number of aliphatic hydroxyl groups excluding tert-OH is 1. The number of ketones is 1. The molecular formula is C12H10N2O6. The maximum atomic E-state index is 11.5. The highest BCUT2D eigenvalue weighted by atomic mass is 16.6. The summed E-state index contributed by atoms with van der Waals surface area (Å²) in [6, 6.07) is 2.94. The van der Waals surface area contributed by atoms with Crippen molar-refractivity contribution in [3.63, 3.8) is 0 Å². The molecule has 1 N–H and O–H groups in total. The van der Waals surface area contributed by atoms with Crippen LogP contribution in [0.2, 0.25) is 0 Å². The Morgan fingerprint density at radius 1 is 1.20 bits per heavy atom. The summed E-state index contributed by atoms with van der Waals surface area (Å²) in [5, 5.41) is 31.7. The second-order valence-electron chi connectivity index (χ2n) is 4.28. The molecule has 2 rings (SSSR count). The molecule has 8 nitrogen and oxygen atoms in total. The van der Waals surface area contributed by atoms with Crippen LogP contribution in [0, 0.1) is 20.2 Å². The number of aliphatic hydroxyl groups is 1. The van der Waals surface area contributed by atoms with Crippen molar-refractivity contribution in [2.75, 3.05) is 0 Å². The summed E-state index contributed by atoms with van der Waals surface area (Å²) in [5.41, 5.74) is -1.05. The molecule has 8 heteroatoms. The van der Waals surface area contributed by atoms with Gasteiger partial charge in [-0.2, -0.15) is 0 Å². The van der Waals surface area contributed by atoms with Gasteiger partial charge < -0.3 is 5.11 Å². The van der Waals surface area contributed by atoms with E-state index >= 15 is 0 Å². The number of rotatable bonds is 4. The molecule has 0 aliphatic heterocycles. The van der Waals surface area contributed by atoms with Crippen molar-refractivity contribution in [2.45, 2.75) is 18.9 Å². The molecule has 0 saturated heterocycles. The minimum Gasteiger partial charge on any atom is -0.383 e. The topological polar surface area (TPSA) is 124 Å². The van der Waals surface area contributed by atoms with E-state index < -0.39 is 27.3 Å². The zero-order valence-electron chi connectivity index (χ0n) is 10.2. The van der Waals surface area contributed by atoms with Crippen LogP contribution in [0.1, 0.15) is 24.5 Å². The zero-order chi connectivity index (χ0) is 14.9. The van der Waals surface area contributed by atoms with Gasteiger partial charge in [0.1, 0.15) is 6.10 Å². The molecule has 1 aromatic carbocycles. The minimum atomic E-state index is -1.44.